The summed E-state index contributed by atoms with van der Waals surface area (Å²) >= 11 is 0. The maximum atomic E-state index is 12.1. The topological polar surface area (TPSA) is 89.8 Å². The molecule has 5 nitrogen and oxygen atoms in total. The Morgan fingerprint density at radius 3 is 2.59 bits per heavy atom. The number of nitrogens with one attached hydrogen (secondary N) is 1. The van der Waals surface area contributed by atoms with Crippen molar-refractivity contribution in [2.45, 2.75) is 96.9 Å². The first kappa shape index (κ1) is 24.2. The molecule has 11 atom stereocenters. The van der Waals surface area contributed by atoms with Crippen LogP contribution in [0, 0.1) is 46.3 Å². The van der Waals surface area contributed by atoms with Crippen molar-refractivity contribution in [3.05, 3.63) is 12.7 Å². The third kappa shape index (κ3) is 3.86. The second kappa shape index (κ2) is 9.03. The van der Waals surface area contributed by atoms with Gasteiger partial charge in [0.15, 0.2) is 0 Å². The van der Waals surface area contributed by atoms with Crippen LogP contribution >= 0.6 is 0 Å². The Morgan fingerprint density at radius 1 is 1.12 bits per heavy atom. The molecule has 4 fully saturated rings. The Labute approximate surface area is 194 Å². The zero-order chi connectivity index (χ0) is 23.3. The van der Waals surface area contributed by atoms with Crippen molar-refractivity contribution in [3.63, 3.8) is 0 Å². The average Bonchev–Trinajstić information content (AvgIpc) is 3.11. The molecule has 4 unspecified atom stereocenters. The van der Waals surface area contributed by atoms with E-state index in [0.717, 1.165) is 51.4 Å². The van der Waals surface area contributed by atoms with Gasteiger partial charge in [0.1, 0.15) is 0 Å². The Balaban J connectivity index is 1.51. The highest BCUT2D eigenvalue weighted by atomic mass is 16.3. The normalized spacial score (nSPS) is 48.8. The quantitative estimate of drug-likeness (QED) is 0.468. The molecule has 0 aliphatic heterocycles. The van der Waals surface area contributed by atoms with Gasteiger partial charge in [0.25, 0.3) is 0 Å². The summed E-state index contributed by atoms with van der Waals surface area (Å²) in [5, 5.41) is 36.1. The Hall–Kier alpha value is -0.910. The first-order valence-corrected chi connectivity index (χ1v) is 13.0. The van der Waals surface area contributed by atoms with E-state index >= 15 is 0 Å². The molecule has 4 N–H and O–H groups in total. The lowest BCUT2D eigenvalue weighted by molar-refractivity contribution is -0.207. The molecule has 0 aromatic carbocycles. The van der Waals surface area contributed by atoms with Crippen LogP contribution in [0.3, 0.4) is 0 Å². The number of amides is 1. The minimum absolute atomic E-state index is 0.0712. The molecular formula is C27H45NO4. The first-order chi connectivity index (χ1) is 15.1. The Morgan fingerprint density at radius 2 is 1.88 bits per heavy atom. The van der Waals surface area contributed by atoms with Crippen molar-refractivity contribution >= 4 is 5.91 Å². The molecule has 1 amide bonds. The molecule has 4 aliphatic rings. The summed E-state index contributed by atoms with van der Waals surface area (Å²) < 4.78 is 0. The van der Waals surface area contributed by atoms with E-state index in [1.807, 2.05) is 0 Å². The molecule has 0 aromatic rings. The van der Waals surface area contributed by atoms with Crippen molar-refractivity contribution in [3.8, 4) is 0 Å². The molecular weight excluding hydrogens is 402 g/mol. The molecule has 0 spiro atoms. The predicted octanol–water partition coefficient (Wildman–Crippen LogP) is 3.67. The zero-order valence-corrected chi connectivity index (χ0v) is 20.3. The van der Waals surface area contributed by atoms with E-state index in [2.05, 4.69) is 32.7 Å². The minimum Gasteiger partial charge on any atom is -0.393 e. The molecule has 4 rings (SSSR count). The molecule has 0 heterocycles. The largest absolute Gasteiger partial charge is 0.393 e. The van der Waals surface area contributed by atoms with Crippen LogP contribution in [0.5, 0.6) is 0 Å². The monoisotopic (exact) mass is 447 g/mol. The summed E-state index contributed by atoms with van der Waals surface area (Å²) in [6.45, 7) is 11.1. The summed E-state index contributed by atoms with van der Waals surface area (Å²) in [6, 6.07) is 0. The molecule has 4 aliphatic carbocycles. The molecule has 32 heavy (non-hydrogen) atoms. The molecule has 4 saturated carbocycles. The van der Waals surface area contributed by atoms with Gasteiger partial charge in [-0.2, -0.15) is 0 Å². The molecule has 0 aromatic heterocycles. The van der Waals surface area contributed by atoms with Crippen LogP contribution in [0.4, 0.5) is 0 Å². The predicted molar refractivity (Wildman–Crippen MR) is 126 cm³/mol. The highest BCUT2D eigenvalue weighted by Gasteiger charge is 2.65. The second-order valence-corrected chi connectivity index (χ2v) is 12.1. The van der Waals surface area contributed by atoms with Gasteiger partial charge in [-0.1, -0.05) is 26.8 Å². The minimum atomic E-state index is -0.368. The number of hydrogen-bond acceptors (Lipinski definition) is 4. The van der Waals surface area contributed by atoms with Crippen LogP contribution in [0.15, 0.2) is 12.7 Å². The van der Waals surface area contributed by atoms with Crippen molar-refractivity contribution in [1.29, 1.82) is 0 Å². The van der Waals surface area contributed by atoms with E-state index in [1.54, 1.807) is 6.08 Å². The number of hydrogen-bond donors (Lipinski definition) is 4. The second-order valence-electron chi connectivity index (χ2n) is 12.1. The number of fused-ring (bicyclic) bond motifs is 5. The smallest absolute Gasteiger partial charge is 0.220 e. The van der Waals surface area contributed by atoms with Gasteiger partial charge in [0, 0.05) is 13.0 Å². The van der Waals surface area contributed by atoms with Crippen molar-refractivity contribution < 1.29 is 20.1 Å². The maximum absolute atomic E-state index is 12.1. The van der Waals surface area contributed by atoms with E-state index < -0.39 is 0 Å². The van der Waals surface area contributed by atoms with E-state index in [-0.39, 0.29) is 41.0 Å². The van der Waals surface area contributed by atoms with Crippen LogP contribution in [-0.2, 0) is 4.79 Å². The summed E-state index contributed by atoms with van der Waals surface area (Å²) in [6.07, 6.45) is 8.44. The fourth-order valence-corrected chi connectivity index (χ4v) is 8.97. The third-order valence-corrected chi connectivity index (χ3v) is 10.8. The van der Waals surface area contributed by atoms with E-state index in [1.165, 1.54) is 0 Å². The Bertz CT molecular complexity index is 712. The lowest BCUT2D eigenvalue weighted by atomic mass is 9.43. The fraction of sp³-hybridized carbons (Fsp3) is 0.889. The van der Waals surface area contributed by atoms with Crippen LogP contribution in [0.1, 0.15) is 78.6 Å². The van der Waals surface area contributed by atoms with E-state index in [9.17, 15) is 20.1 Å². The number of rotatable bonds is 6. The third-order valence-electron chi connectivity index (χ3n) is 10.8. The summed E-state index contributed by atoms with van der Waals surface area (Å²) in [5.41, 5.74) is -0.0884. The van der Waals surface area contributed by atoms with Gasteiger partial charge >= 0.3 is 0 Å². The van der Waals surface area contributed by atoms with Crippen LogP contribution < -0.4 is 5.32 Å². The van der Waals surface area contributed by atoms with Crippen LogP contribution in [0.25, 0.3) is 0 Å². The van der Waals surface area contributed by atoms with Gasteiger partial charge < -0.3 is 20.6 Å². The highest BCUT2D eigenvalue weighted by molar-refractivity contribution is 5.75. The molecule has 0 saturated heterocycles. The maximum Gasteiger partial charge on any atom is 0.220 e. The van der Waals surface area contributed by atoms with E-state index in [0.29, 0.717) is 42.6 Å². The number of carbonyl (C=O) groups is 1. The summed E-state index contributed by atoms with van der Waals surface area (Å²) in [5.74, 6) is 2.06. The summed E-state index contributed by atoms with van der Waals surface area (Å²) in [7, 11) is 0. The molecule has 182 valence electrons. The summed E-state index contributed by atoms with van der Waals surface area (Å²) in [4.78, 5) is 12.1. The van der Waals surface area contributed by atoms with Crippen molar-refractivity contribution in [2.75, 3.05) is 6.54 Å². The van der Waals surface area contributed by atoms with Gasteiger partial charge in [-0.15, -0.1) is 6.58 Å². The fourth-order valence-electron chi connectivity index (χ4n) is 8.97. The molecule has 5 heteroatoms. The SMILES string of the molecule is C=CCNC(=O)CC[C@@H](C)[C@H]1CCC2C3C(C[C@H](O)[C@@]21C)[C@@]1(C)CC[C@@H](O)CC1C[C@H]3O. The van der Waals surface area contributed by atoms with Gasteiger partial charge in [0.05, 0.1) is 18.3 Å². The van der Waals surface area contributed by atoms with Gasteiger partial charge in [0.2, 0.25) is 5.91 Å². The zero-order valence-electron chi connectivity index (χ0n) is 20.3. The number of aliphatic hydroxyl groups excluding tert-OH is 3. The van der Waals surface area contributed by atoms with Crippen LogP contribution in [-0.4, -0.2) is 46.1 Å². The van der Waals surface area contributed by atoms with Crippen molar-refractivity contribution in [1.82, 2.24) is 5.32 Å². The lowest BCUT2D eigenvalue weighted by Gasteiger charge is -2.63. The first-order valence-electron chi connectivity index (χ1n) is 13.0. The molecule has 0 radical (unpaired) electrons. The lowest BCUT2D eigenvalue weighted by Crippen LogP contribution is -2.62. The highest BCUT2D eigenvalue weighted by Crippen LogP contribution is 2.68. The van der Waals surface area contributed by atoms with Gasteiger partial charge in [-0.05, 0) is 97.7 Å². The van der Waals surface area contributed by atoms with Crippen molar-refractivity contribution in [2.24, 2.45) is 46.3 Å². The van der Waals surface area contributed by atoms with Gasteiger partial charge in [-0.3, -0.25) is 4.79 Å². The van der Waals surface area contributed by atoms with Crippen LogP contribution in [0.2, 0.25) is 0 Å². The standard InChI is InChI=1S/C27H45NO4/c1-5-12-28-24(32)9-6-16(2)19-7-8-20-25-21(15-23(31)27(19,20)4)26(3)11-10-18(29)13-17(26)14-22(25)30/h5,16-23,25,29-31H,1,6-15H2,2-4H3,(H,28,32)/t16-,17?,18-,19-,20?,21?,22-,23+,25?,26+,27-/m1/s1. The van der Waals surface area contributed by atoms with Gasteiger partial charge in [-0.25, -0.2) is 0 Å². The number of aliphatic hydroxyl groups is 3. The Kier molecular flexibility index (Phi) is 6.84. The average molecular weight is 448 g/mol. The molecule has 0 bridgehead atoms. The number of carbonyl (C=O) groups excluding carboxylic acids is 1. The van der Waals surface area contributed by atoms with E-state index in [4.69, 9.17) is 0 Å².